The van der Waals surface area contributed by atoms with Crippen molar-refractivity contribution in [2.24, 2.45) is 0 Å². The molecule has 6 nitrogen and oxygen atoms in total. The van der Waals surface area contributed by atoms with Crippen molar-refractivity contribution >= 4 is 35.0 Å². The topological polar surface area (TPSA) is 81.2 Å². The summed E-state index contributed by atoms with van der Waals surface area (Å²) >= 11 is 6.73. The number of amides is 1. The maximum Gasteiger partial charge on any atom is 0.284 e. The Kier molecular flexibility index (Phi) is 4.86. The van der Waals surface area contributed by atoms with E-state index in [2.05, 4.69) is 15.5 Å². The van der Waals surface area contributed by atoms with Gasteiger partial charge in [-0.25, -0.2) is 4.39 Å². The van der Waals surface area contributed by atoms with E-state index in [1.165, 1.54) is 18.4 Å². The van der Waals surface area contributed by atoms with E-state index in [1.54, 1.807) is 19.1 Å². The Bertz CT molecular complexity index is 854. The third-order valence-corrected chi connectivity index (χ3v) is 4.14. The SMILES string of the molecule is C[C@H](Sc1nnc(-c2ccco2)o1)C(=O)Nc1ccc(Cl)cc1F. The van der Waals surface area contributed by atoms with Crippen LogP contribution < -0.4 is 5.32 Å². The molecule has 1 aromatic carbocycles. The van der Waals surface area contributed by atoms with Crippen LogP contribution in [0.5, 0.6) is 0 Å². The van der Waals surface area contributed by atoms with Gasteiger partial charge in [-0.3, -0.25) is 4.79 Å². The van der Waals surface area contributed by atoms with Crippen molar-refractivity contribution in [2.45, 2.75) is 17.4 Å². The van der Waals surface area contributed by atoms with Gasteiger partial charge in [-0.1, -0.05) is 23.4 Å². The van der Waals surface area contributed by atoms with Crippen LogP contribution in [0.4, 0.5) is 10.1 Å². The van der Waals surface area contributed by atoms with Crippen LogP contribution in [-0.2, 0) is 4.79 Å². The summed E-state index contributed by atoms with van der Waals surface area (Å²) in [7, 11) is 0. The highest BCUT2D eigenvalue weighted by molar-refractivity contribution is 8.00. The van der Waals surface area contributed by atoms with E-state index in [0.29, 0.717) is 5.76 Å². The lowest BCUT2D eigenvalue weighted by molar-refractivity contribution is -0.115. The number of nitrogens with one attached hydrogen (secondary N) is 1. The zero-order chi connectivity index (χ0) is 17.1. The number of aromatic nitrogens is 2. The maximum absolute atomic E-state index is 13.7. The highest BCUT2D eigenvalue weighted by atomic mass is 35.5. The Morgan fingerprint density at radius 3 is 2.92 bits per heavy atom. The number of furan rings is 1. The molecule has 0 bridgehead atoms. The molecule has 2 heterocycles. The zero-order valence-corrected chi connectivity index (χ0v) is 13.9. The fourth-order valence-electron chi connectivity index (χ4n) is 1.79. The van der Waals surface area contributed by atoms with Crippen LogP contribution in [0.2, 0.25) is 5.02 Å². The van der Waals surface area contributed by atoms with Gasteiger partial charge >= 0.3 is 0 Å². The summed E-state index contributed by atoms with van der Waals surface area (Å²) in [5.41, 5.74) is 0.0543. The summed E-state index contributed by atoms with van der Waals surface area (Å²) in [5.74, 6) is -0.349. The molecule has 0 saturated heterocycles. The average Bonchev–Trinajstić information content (AvgIpc) is 3.20. The van der Waals surface area contributed by atoms with Crippen LogP contribution in [-0.4, -0.2) is 21.4 Å². The van der Waals surface area contributed by atoms with Crippen molar-refractivity contribution < 1.29 is 18.0 Å². The van der Waals surface area contributed by atoms with Crippen molar-refractivity contribution in [3.8, 4) is 11.7 Å². The fraction of sp³-hybridized carbons (Fsp3) is 0.133. The molecule has 1 atom stereocenters. The second-order valence-corrected chi connectivity index (χ2v) is 6.45. The number of rotatable bonds is 5. The summed E-state index contributed by atoms with van der Waals surface area (Å²) in [6.45, 7) is 1.64. The summed E-state index contributed by atoms with van der Waals surface area (Å²) in [6, 6.07) is 7.40. The van der Waals surface area contributed by atoms with Gasteiger partial charge < -0.3 is 14.2 Å². The van der Waals surface area contributed by atoms with Gasteiger partial charge in [-0.05, 0) is 37.3 Å². The molecule has 0 radical (unpaired) electrons. The number of carbonyl (C=O) groups is 1. The molecule has 1 amide bonds. The quantitative estimate of drug-likeness (QED) is 0.679. The zero-order valence-electron chi connectivity index (χ0n) is 12.3. The standard InChI is InChI=1S/C15H11ClFN3O3S/c1-8(13(21)18-11-5-4-9(16)7-10(11)17)24-15-20-19-14(23-15)12-3-2-6-22-12/h2-8H,1H3,(H,18,21)/t8-/m0/s1. The lowest BCUT2D eigenvalue weighted by Gasteiger charge is -2.10. The Balaban J connectivity index is 1.64. The van der Waals surface area contributed by atoms with Gasteiger partial charge in [0.1, 0.15) is 5.82 Å². The van der Waals surface area contributed by atoms with E-state index in [9.17, 15) is 9.18 Å². The lowest BCUT2D eigenvalue weighted by atomic mass is 10.3. The molecular formula is C15H11ClFN3O3S. The van der Waals surface area contributed by atoms with Crippen molar-refractivity contribution in [2.75, 3.05) is 5.32 Å². The minimum Gasteiger partial charge on any atom is -0.459 e. The van der Waals surface area contributed by atoms with Gasteiger partial charge in [0, 0.05) is 5.02 Å². The maximum atomic E-state index is 13.7. The molecule has 1 N–H and O–H groups in total. The third kappa shape index (κ3) is 3.77. The van der Waals surface area contributed by atoms with Crippen molar-refractivity contribution in [3.63, 3.8) is 0 Å². The first-order chi connectivity index (χ1) is 11.5. The molecular weight excluding hydrogens is 357 g/mol. The fourth-order valence-corrected chi connectivity index (χ4v) is 2.63. The number of anilines is 1. The largest absolute Gasteiger partial charge is 0.459 e. The first-order valence-corrected chi connectivity index (χ1v) is 8.08. The van der Waals surface area contributed by atoms with Gasteiger partial charge in [0.05, 0.1) is 17.2 Å². The van der Waals surface area contributed by atoms with Gasteiger partial charge in [0.2, 0.25) is 5.91 Å². The van der Waals surface area contributed by atoms with E-state index < -0.39 is 17.0 Å². The molecule has 124 valence electrons. The molecule has 0 unspecified atom stereocenters. The minimum atomic E-state index is -0.606. The van der Waals surface area contributed by atoms with E-state index in [1.807, 2.05) is 0 Å². The molecule has 3 aromatic rings. The van der Waals surface area contributed by atoms with Crippen LogP contribution >= 0.6 is 23.4 Å². The highest BCUT2D eigenvalue weighted by Gasteiger charge is 2.20. The molecule has 9 heteroatoms. The second kappa shape index (κ2) is 7.06. The third-order valence-electron chi connectivity index (χ3n) is 2.97. The van der Waals surface area contributed by atoms with Gasteiger partial charge in [0.25, 0.3) is 11.1 Å². The number of halogens is 2. The number of hydrogen-bond donors (Lipinski definition) is 1. The van der Waals surface area contributed by atoms with E-state index in [0.717, 1.165) is 17.8 Å². The normalized spacial score (nSPS) is 12.1. The van der Waals surface area contributed by atoms with Gasteiger partial charge in [0.15, 0.2) is 5.76 Å². The summed E-state index contributed by atoms with van der Waals surface area (Å²) in [4.78, 5) is 12.1. The number of hydrogen-bond acceptors (Lipinski definition) is 6. The minimum absolute atomic E-state index is 0.0543. The first kappa shape index (κ1) is 16.5. The van der Waals surface area contributed by atoms with Crippen LogP contribution in [0.3, 0.4) is 0 Å². The monoisotopic (exact) mass is 367 g/mol. The molecule has 0 fully saturated rings. The average molecular weight is 368 g/mol. The molecule has 0 spiro atoms. The number of nitrogens with zero attached hydrogens (tertiary/aromatic N) is 2. The molecule has 24 heavy (non-hydrogen) atoms. The van der Waals surface area contributed by atoms with Crippen molar-refractivity contribution in [1.82, 2.24) is 10.2 Å². The van der Waals surface area contributed by atoms with E-state index in [4.69, 9.17) is 20.4 Å². The second-order valence-electron chi connectivity index (χ2n) is 4.72. The summed E-state index contributed by atoms with van der Waals surface area (Å²) in [6.07, 6.45) is 1.49. The van der Waals surface area contributed by atoms with Crippen molar-refractivity contribution in [1.29, 1.82) is 0 Å². The summed E-state index contributed by atoms with van der Waals surface area (Å²) in [5, 5.41) is 10.1. The van der Waals surface area contributed by atoms with Crippen LogP contribution in [0, 0.1) is 5.82 Å². The van der Waals surface area contributed by atoms with Gasteiger partial charge in [-0.15, -0.1) is 10.2 Å². The molecule has 0 aliphatic heterocycles. The van der Waals surface area contributed by atoms with Crippen LogP contribution in [0.15, 0.2) is 50.7 Å². The van der Waals surface area contributed by atoms with Gasteiger partial charge in [-0.2, -0.15) is 0 Å². The van der Waals surface area contributed by atoms with E-state index >= 15 is 0 Å². The molecule has 2 aromatic heterocycles. The Morgan fingerprint density at radius 2 is 2.21 bits per heavy atom. The highest BCUT2D eigenvalue weighted by Crippen LogP contribution is 2.27. The van der Waals surface area contributed by atoms with Crippen LogP contribution in [0.25, 0.3) is 11.7 Å². The molecule has 0 aliphatic rings. The summed E-state index contributed by atoms with van der Waals surface area (Å²) < 4.78 is 24.3. The Morgan fingerprint density at radius 1 is 1.38 bits per heavy atom. The first-order valence-electron chi connectivity index (χ1n) is 6.83. The van der Waals surface area contributed by atoms with Crippen LogP contribution in [0.1, 0.15) is 6.92 Å². The lowest BCUT2D eigenvalue weighted by Crippen LogP contribution is -2.23. The van der Waals surface area contributed by atoms with E-state index in [-0.39, 0.29) is 21.8 Å². The number of carbonyl (C=O) groups excluding carboxylic acids is 1. The Hall–Kier alpha value is -2.32. The predicted molar refractivity (Wildman–Crippen MR) is 87.4 cm³/mol. The molecule has 0 aliphatic carbocycles. The predicted octanol–water partition coefficient (Wildman–Crippen LogP) is 4.24. The number of benzene rings is 1. The Labute approximate surface area is 145 Å². The van der Waals surface area contributed by atoms with Crippen molar-refractivity contribution in [3.05, 3.63) is 47.4 Å². The molecule has 0 saturated carbocycles. The number of thioether (sulfide) groups is 1. The smallest absolute Gasteiger partial charge is 0.284 e. The molecule has 3 rings (SSSR count).